The topological polar surface area (TPSA) is 8.17 Å². The number of benzene rings is 6. The highest BCUT2D eigenvalue weighted by atomic mass is 15.1. The lowest BCUT2D eigenvalue weighted by Gasteiger charge is -2.29. The van der Waals surface area contributed by atoms with Crippen molar-refractivity contribution in [3.8, 4) is 16.8 Å². The van der Waals surface area contributed by atoms with Gasteiger partial charge < -0.3 is 9.47 Å². The molecule has 0 aliphatic heterocycles. The summed E-state index contributed by atoms with van der Waals surface area (Å²) in [4.78, 5) is 2.35. The van der Waals surface area contributed by atoms with Crippen LogP contribution in [0, 0.1) is 0 Å². The van der Waals surface area contributed by atoms with Crippen LogP contribution in [0.25, 0.3) is 38.6 Å². The van der Waals surface area contributed by atoms with Crippen molar-refractivity contribution in [1.82, 2.24) is 4.57 Å². The van der Waals surface area contributed by atoms with Crippen molar-refractivity contribution in [3.05, 3.63) is 187 Å². The summed E-state index contributed by atoms with van der Waals surface area (Å²) in [6.45, 7) is 0. The molecule has 1 aliphatic carbocycles. The maximum Gasteiger partial charge on any atom is 0.0541 e. The maximum absolute atomic E-state index is 2.37. The molecule has 0 saturated carbocycles. The average molecular weight is 565 g/mol. The number of fused-ring (bicyclic) bond motifs is 3. The van der Waals surface area contributed by atoms with Crippen molar-refractivity contribution < 1.29 is 0 Å². The van der Waals surface area contributed by atoms with Crippen LogP contribution in [-0.2, 0) is 0 Å². The number of hydrogen-bond acceptors (Lipinski definition) is 1. The lowest BCUT2D eigenvalue weighted by molar-refractivity contribution is 0.840. The minimum Gasteiger partial charge on any atom is -0.311 e. The molecule has 0 fully saturated rings. The average Bonchev–Trinajstić information content (AvgIpc) is 3.44. The molecule has 0 saturated heterocycles. The number of para-hydroxylation sites is 3. The molecule has 1 aliphatic rings. The van der Waals surface area contributed by atoms with Crippen LogP contribution in [-0.4, -0.2) is 4.57 Å². The van der Waals surface area contributed by atoms with E-state index in [4.69, 9.17) is 0 Å². The summed E-state index contributed by atoms with van der Waals surface area (Å²) < 4.78 is 2.36. The molecular weight excluding hydrogens is 532 g/mol. The molecule has 2 heteroatoms. The predicted molar refractivity (Wildman–Crippen MR) is 186 cm³/mol. The second kappa shape index (κ2) is 11.2. The van der Waals surface area contributed by atoms with E-state index >= 15 is 0 Å². The number of anilines is 2. The number of hydrogen-bond donors (Lipinski definition) is 0. The molecule has 44 heavy (non-hydrogen) atoms. The van der Waals surface area contributed by atoms with Crippen molar-refractivity contribution in [2.75, 3.05) is 4.90 Å². The Morgan fingerprint density at radius 2 is 1.02 bits per heavy atom. The Hall–Kier alpha value is -5.60. The van der Waals surface area contributed by atoms with E-state index in [0.29, 0.717) is 5.92 Å². The molecule has 0 amide bonds. The predicted octanol–water partition coefficient (Wildman–Crippen LogP) is 11.2. The van der Waals surface area contributed by atoms with Crippen LogP contribution in [0.15, 0.2) is 182 Å². The summed E-state index contributed by atoms with van der Waals surface area (Å²) in [6, 6.07) is 56.6. The number of rotatable bonds is 6. The van der Waals surface area contributed by atoms with Crippen molar-refractivity contribution in [2.45, 2.75) is 12.3 Å². The smallest absolute Gasteiger partial charge is 0.0541 e. The summed E-state index contributed by atoms with van der Waals surface area (Å²) in [5.41, 5.74) is 10.9. The normalized spacial score (nSPS) is 14.5. The lowest BCUT2D eigenvalue weighted by Crippen LogP contribution is -2.17. The largest absolute Gasteiger partial charge is 0.311 e. The summed E-state index contributed by atoms with van der Waals surface area (Å²) in [5, 5.41) is 2.56. The monoisotopic (exact) mass is 564 g/mol. The fourth-order valence-electron chi connectivity index (χ4n) is 6.55. The first-order chi connectivity index (χ1) is 21.8. The van der Waals surface area contributed by atoms with Gasteiger partial charge >= 0.3 is 0 Å². The summed E-state index contributed by atoms with van der Waals surface area (Å²) in [6.07, 6.45) is 7.96. The third-order valence-corrected chi connectivity index (χ3v) is 8.74. The van der Waals surface area contributed by atoms with Crippen molar-refractivity contribution in [1.29, 1.82) is 0 Å². The van der Waals surface area contributed by atoms with Gasteiger partial charge in [-0.2, -0.15) is 0 Å². The molecule has 1 aromatic heterocycles. The van der Waals surface area contributed by atoms with E-state index in [1.165, 1.54) is 49.9 Å². The molecule has 0 N–H and O–H groups in total. The molecule has 0 bridgehead atoms. The Morgan fingerprint density at radius 1 is 0.500 bits per heavy atom. The Morgan fingerprint density at radius 3 is 1.61 bits per heavy atom. The fraction of sp³-hybridized carbons (Fsp3) is 0.0476. The number of allylic oxidation sites excluding steroid dienone is 3. The molecule has 2 nitrogen and oxygen atoms in total. The highest BCUT2D eigenvalue weighted by molar-refractivity contribution is 6.09. The van der Waals surface area contributed by atoms with E-state index in [1.54, 1.807) is 0 Å². The standard InChI is InChI=1S/C42H32N2/c1-3-11-31(12-4-1)32-19-25-36(26-20-32)43(35-13-5-2-6-14-35)37-27-21-33(22-28-37)34-23-29-38(30-24-34)44-41-17-9-7-15-39(41)40-16-8-10-18-42(40)44/h1-19,21-30,32H,20H2. The summed E-state index contributed by atoms with van der Waals surface area (Å²) in [7, 11) is 0. The first-order valence-electron chi connectivity index (χ1n) is 15.3. The van der Waals surface area contributed by atoms with Gasteiger partial charge in [-0.1, -0.05) is 121 Å². The molecule has 1 atom stereocenters. The zero-order valence-electron chi connectivity index (χ0n) is 24.4. The Bertz CT molecular complexity index is 2060. The van der Waals surface area contributed by atoms with Crippen LogP contribution in [0.1, 0.15) is 17.9 Å². The van der Waals surface area contributed by atoms with Gasteiger partial charge in [0.05, 0.1) is 11.0 Å². The second-order valence-electron chi connectivity index (χ2n) is 11.4. The minimum absolute atomic E-state index is 0.408. The van der Waals surface area contributed by atoms with Crippen LogP contribution in [0.3, 0.4) is 0 Å². The van der Waals surface area contributed by atoms with Crippen LogP contribution >= 0.6 is 0 Å². The van der Waals surface area contributed by atoms with Crippen molar-refractivity contribution in [2.24, 2.45) is 0 Å². The van der Waals surface area contributed by atoms with Gasteiger partial charge in [0.2, 0.25) is 0 Å². The van der Waals surface area contributed by atoms with Gasteiger partial charge in [0, 0.05) is 39.4 Å². The van der Waals surface area contributed by atoms with Gasteiger partial charge in [-0.3, -0.25) is 0 Å². The highest BCUT2D eigenvalue weighted by Gasteiger charge is 2.18. The third kappa shape index (κ3) is 4.71. The van der Waals surface area contributed by atoms with E-state index < -0.39 is 0 Å². The van der Waals surface area contributed by atoms with Gasteiger partial charge in [0.15, 0.2) is 0 Å². The first-order valence-corrected chi connectivity index (χ1v) is 15.3. The Labute approximate surface area is 258 Å². The molecule has 1 heterocycles. The minimum atomic E-state index is 0.408. The molecular formula is C42H32N2. The van der Waals surface area contributed by atoms with E-state index in [9.17, 15) is 0 Å². The van der Waals surface area contributed by atoms with E-state index in [2.05, 4.69) is 185 Å². The molecule has 8 rings (SSSR count). The van der Waals surface area contributed by atoms with Crippen molar-refractivity contribution >= 4 is 33.2 Å². The van der Waals surface area contributed by atoms with E-state index in [0.717, 1.165) is 17.8 Å². The number of nitrogens with zero attached hydrogens (tertiary/aromatic N) is 2. The second-order valence-corrected chi connectivity index (χ2v) is 11.4. The zero-order chi connectivity index (χ0) is 29.3. The molecule has 7 aromatic rings. The van der Waals surface area contributed by atoms with Crippen LogP contribution in [0.2, 0.25) is 0 Å². The van der Waals surface area contributed by atoms with Gasteiger partial charge in [-0.25, -0.2) is 0 Å². The van der Waals surface area contributed by atoms with Gasteiger partial charge in [0.1, 0.15) is 0 Å². The quantitative estimate of drug-likeness (QED) is 0.195. The Balaban J connectivity index is 1.10. The molecule has 0 spiro atoms. The molecule has 0 radical (unpaired) electrons. The first kappa shape index (κ1) is 26.1. The van der Waals surface area contributed by atoms with E-state index in [1.807, 2.05) is 0 Å². The fourth-order valence-corrected chi connectivity index (χ4v) is 6.55. The molecule has 6 aromatic carbocycles. The zero-order valence-corrected chi connectivity index (χ0v) is 24.4. The third-order valence-electron chi connectivity index (χ3n) is 8.74. The highest BCUT2D eigenvalue weighted by Crippen LogP contribution is 2.37. The van der Waals surface area contributed by atoms with Gasteiger partial charge in [-0.05, 0) is 77.7 Å². The van der Waals surface area contributed by atoms with Crippen LogP contribution in [0.4, 0.5) is 11.4 Å². The Kier molecular flexibility index (Phi) is 6.66. The van der Waals surface area contributed by atoms with Crippen LogP contribution in [0.5, 0.6) is 0 Å². The maximum atomic E-state index is 2.37. The van der Waals surface area contributed by atoms with Gasteiger partial charge in [0.25, 0.3) is 0 Å². The van der Waals surface area contributed by atoms with Crippen molar-refractivity contribution in [3.63, 3.8) is 0 Å². The summed E-state index contributed by atoms with van der Waals surface area (Å²) in [5.74, 6) is 0.408. The molecule has 210 valence electrons. The van der Waals surface area contributed by atoms with E-state index in [-0.39, 0.29) is 0 Å². The summed E-state index contributed by atoms with van der Waals surface area (Å²) >= 11 is 0. The number of aromatic nitrogens is 1. The molecule has 1 unspecified atom stereocenters. The van der Waals surface area contributed by atoms with Crippen LogP contribution < -0.4 is 4.90 Å². The SMILES string of the molecule is C1=CC(c2ccccc2)CC=C1N(c1ccccc1)c1ccc(-c2ccc(-n3c4ccccc4c4ccccc43)cc2)cc1. The lowest BCUT2D eigenvalue weighted by atomic mass is 9.91. The van der Waals surface area contributed by atoms with Gasteiger partial charge in [-0.15, -0.1) is 0 Å².